The Morgan fingerprint density at radius 3 is 2.48 bits per heavy atom. The maximum Gasteiger partial charge on any atom is 0.272 e. The summed E-state index contributed by atoms with van der Waals surface area (Å²) in [5, 5.41) is 13.8. The third-order valence-corrected chi connectivity index (χ3v) is 4.61. The van der Waals surface area contributed by atoms with E-state index < -0.39 is 4.92 Å². The molecule has 7 heteroatoms. The van der Waals surface area contributed by atoms with Gasteiger partial charge in [-0.15, -0.1) is 0 Å². The Hall–Kier alpha value is -1.99. The Labute approximate surface area is 148 Å². The highest BCUT2D eigenvalue weighted by atomic mass is 16.6. The SMILES string of the molecule is Cc1cc(C(=O)NCC(C)(C)N2C[C@H](C)O[C@@H](C)C2)ccc1[N+](=O)[O-]. The molecule has 7 nitrogen and oxygen atoms in total. The quantitative estimate of drug-likeness (QED) is 0.652. The lowest BCUT2D eigenvalue weighted by Crippen LogP contribution is -2.58. The van der Waals surface area contributed by atoms with E-state index in [2.05, 4.69) is 37.9 Å². The highest BCUT2D eigenvalue weighted by Gasteiger charge is 2.33. The van der Waals surface area contributed by atoms with Gasteiger partial charge in [-0.05, 0) is 46.8 Å². The standard InChI is InChI=1S/C18H27N3O4/c1-12-8-15(6-7-16(12)21(23)24)17(22)19-11-18(4,5)20-9-13(2)25-14(3)10-20/h6-8,13-14H,9-11H2,1-5H3,(H,19,22)/t13-,14-/m0/s1. The van der Waals surface area contributed by atoms with Crippen molar-refractivity contribution in [3.05, 3.63) is 39.4 Å². The van der Waals surface area contributed by atoms with Gasteiger partial charge >= 0.3 is 0 Å². The first-order valence-corrected chi connectivity index (χ1v) is 8.54. The zero-order valence-electron chi connectivity index (χ0n) is 15.5. The van der Waals surface area contributed by atoms with Gasteiger partial charge in [0.25, 0.3) is 11.6 Å². The van der Waals surface area contributed by atoms with Crippen molar-refractivity contribution < 1.29 is 14.5 Å². The number of morpholine rings is 1. The number of ether oxygens (including phenoxy) is 1. The summed E-state index contributed by atoms with van der Waals surface area (Å²) in [5.74, 6) is -0.222. The summed E-state index contributed by atoms with van der Waals surface area (Å²) in [7, 11) is 0. The number of hydrogen-bond donors (Lipinski definition) is 1. The van der Waals surface area contributed by atoms with Gasteiger partial charge in [0.2, 0.25) is 0 Å². The normalized spacial score (nSPS) is 21.8. The number of carbonyl (C=O) groups excluding carboxylic acids is 1. The van der Waals surface area contributed by atoms with E-state index in [4.69, 9.17) is 4.74 Å². The topological polar surface area (TPSA) is 84.7 Å². The Morgan fingerprint density at radius 1 is 1.36 bits per heavy atom. The number of hydrogen-bond acceptors (Lipinski definition) is 5. The number of rotatable bonds is 5. The average Bonchev–Trinajstić information content (AvgIpc) is 2.51. The second kappa shape index (κ2) is 7.49. The van der Waals surface area contributed by atoms with Gasteiger partial charge in [-0.3, -0.25) is 19.8 Å². The molecule has 2 atom stereocenters. The number of nitrogens with zero attached hydrogens (tertiary/aromatic N) is 2. The average molecular weight is 349 g/mol. The highest BCUT2D eigenvalue weighted by Crippen LogP contribution is 2.22. The van der Waals surface area contributed by atoms with Gasteiger partial charge in [-0.25, -0.2) is 0 Å². The summed E-state index contributed by atoms with van der Waals surface area (Å²) in [5.41, 5.74) is 0.723. The molecule has 2 rings (SSSR count). The molecule has 1 fully saturated rings. The zero-order valence-corrected chi connectivity index (χ0v) is 15.5. The number of nitrogens with one attached hydrogen (secondary N) is 1. The summed E-state index contributed by atoms with van der Waals surface area (Å²) >= 11 is 0. The summed E-state index contributed by atoms with van der Waals surface area (Å²) in [6.45, 7) is 12.1. The molecule has 0 saturated carbocycles. The van der Waals surface area contributed by atoms with Crippen LogP contribution in [0.2, 0.25) is 0 Å². The van der Waals surface area contributed by atoms with Gasteiger partial charge in [0.1, 0.15) is 0 Å². The molecule has 1 aliphatic rings. The van der Waals surface area contributed by atoms with Crippen LogP contribution in [-0.4, -0.2) is 53.1 Å². The van der Waals surface area contributed by atoms with E-state index in [1.165, 1.54) is 12.1 Å². The summed E-state index contributed by atoms with van der Waals surface area (Å²) in [6, 6.07) is 4.42. The number of carbonyl (C=O) groups is 1. The first kappa shape index (κ1) is 19.3. The summed E-state index contributed by atoms with van der Waals surface area (Å²) < 4.78 is 5.77. The molecule has 1 aliphatic heterocycles. The van der Waals surface area contributed by atoms with E-state index in [0.717, 1.165) is 13.1 Å². The number of benzene rings is 1. The lowest BCUT2D eigenvalue weighted by atomic mass is 9.99. The molecule has 0 spiro atoms. The fourth-order valence-corrected chi connectivity index (χ4v) is 3.18. The molecule has 25 heavy (non-hydrogen) atoms. The maximum absolute atomic E-state index is 12.4. The molecule has 0 radical (unpaired) electrons. The van der Waals surface area contributed by atoms with Crippen LogP contribution in [0.5, 0.6) is 0 Å². The van der Waals surface area contributed by atoms with Crippen molar-refractivity contribution >= 4 is 11.6 Å². The maximum atomic E-state index is 12.4. The number of amides is 1. The molecule has 0 aliphatic carbocycles. The Morgan fingerprint density at radius 2 is 1.96 bits per heavy atom. The molecule has 1 aromatic carbocycles. The van der Waals surface area contributed by atoms with Crippen molar-refractivity contribution in [2.24, 2.45) is 0 Å². The zero-order chi connectivity index (χ0) is 18.8. The minimum Gasteiger partial charge on any atom is -0.373 e. The second-order valence-electron chi connectivity index (χ2n) is 7.42. The first-order valence-electron chi connectivity index (χ1n) is 8.54. The van der Waals surface area contributed by atoms with E-state index in [9.17, 15) is 14.9 Å². The van der Waals surface area contributed by atoms with Crippen LogP contribution in [0.4, 0.5) is 5.69 Å². The Balaban J connectivity index is 2.01. The van der Waals surface area contributed by atoms with Crippen molar-refractivity contribution in [2.45, 2.75) is 52.4 Å². The minimum absolute atomic E-state index is 0.0215. The minimum atomic E-state index is -0.444. The van der Waals surface area contributed by atoms with Crippen molar-refractivity contribution in [3.8, 4) is 0 Å². The number of nitro benzene ring substituents is 1. The summed E-state index contributed by atoms with van der Waals surface area (Å²) in [6.07, 6.45) is 0.326. The largest absolute Gasteiger partial charge is 0.373 e. The molecule has 0 unspecified atom stereocenters. The van der Waals surface area contributed by atoms with Gasteiger partial charge in [0.15, 0.2) is 0 Å². The summed E-state index contributed by atoms with van der Waals surface area (Å²) in [4.78, 5) is 25.2. The van der Waals surface area contributed by atoms with Crippen LogP contribution in [0.15, 0.2) is 18.2 Å². The predicted octanol–water partition coefficient (Wildman–Crippen LogP) is 2.52. The van der Waals surface area contributed by atoms with Crippen LogP contribution in [0.3, 0.4) is 0 Å². The van der Waals surface area contributed by atoms with Crippen molar-refractivity contribution in [1.82, 2.24) is 10.2 Å². The van der Waals surface area contributed by atoms with Crippen molar-refractivity contribution in [2.75, 3.05) is 19.6 Å². The first-order chi connectivity index (χ1) is 11.6. The van der Waals surface area contributed by atoms with E-state index in [1.54, 1.807) is 13.0 Å². The van der Waals surface area contributed by atoms with Crippen LogP contribution >= 0.6 is 0 Å². The lowest BCUT2D eigenvalue weighted by molar-refractivity contribution is -0.385. The molecule has 1 saturated heterocycles. The fraction of sp³-hybridized carbons (Fsp3) is 0.611. The van der Waals surface area contributed by atoms with E-state index in [0.29, 0.717) is 17.7 Å². The highest BCUT2D eigenvalue weighted by molar-refractivity contribution is 5.94. The molecule has 1 N–H and O–H groups in total. The third kappa shape index (κ3) is 4.76. The molecular formula is C18H27N3O4. The van der Waals surface area contributed by atoms with Crippen LogP contribution in [-0.2, 0) is 4.74 Å². The molecule has 138 valence electrons. The van der Waals surface area contributed by atoms with Crippen LogP contribution in [0.25, 0.3) is 0 Å². The van der Waals surface area contributed by atoms with Crippen molar-refractivity contribution in [3.63, 3.8) is 0 Å². The van der Waals surface area contributed by atoms with Gasteiger partial charge < -0.3 is 10.1 Å². The van der Waals surface area contributed by atoms with Gasteiger partial charge in [0, 0.05) is 42.4 Å². The van der Waals surface area contributed by atoms with Gasteiger partial charge in [-0.1, -0.05) is 0 Å². The Bertz CT molecular complexity index is 650. The number of aryl methyl sites for hydroxylation is 1. The monoisotopic (exact) mass is 349 g/mol. The smallest absolute Gasteiger partial charge is 0.272 e. The molecule has 1 amide bonds. The van der Waals surface area contributed by atoms with E-state index in [1.807, 2.05) is 0 Å². The van der Waals surface area contributed by atoms with Crippen LogP contribution in [0.1, 0.15) is 43.6 Å². The van der Waals surface area contributed by atoms with Crippen molar-refractivity contribution in [1.29, 1.82) is 0 Å². The predicted molar refractivity (Wildman–Crippen MR) is 95.8 cm³/mol. The van der Waals surface area contributed by atoms with E-state index >= 15 is 0 Å². The van der Waals surface area contributed by atoms with E-state index in [-0.39, 0.29) is 29.3 Å². The van der Waals surface area contributed by atoms with Gasteiger partial charge in [0.05, 0.1) is 17.1 Å². The van der Waals surface area contributed by atoms with Gasteiger partial charge in [-0.2, -0.15) is 0 Å². The molecular weight excluding hydrogens is 322 g/mol. The second-order valence-corrected chi connectivity index (χ2v) is 7.42. The van der Waals surface area contributed by atoms with Crippen LogP contribution < -0.4 is 5.32 Å². The molecule has 1 aromatic rings. The molecule has 0 aromatic heterocycles. The third-order valence-electron chi connectivity index (χ3n) is 4.61. The molecule has 0 bridgehead atoms. The Kier molecular flexibility index (Phi) is 5.80. The number of nitro groups is 1. The fourth-order valence-electron chi connectivity index (χ4n) is 3.18. The molecule has 1 heterocycles. The lowest BCUT2D eigenvalue weighted by Gasteiger charge is -2.45. The van der Waals surface area contributed by atoms with Crippen LogP contribution in [0, 0.1) is 17.0 Å².